The molecule has 0 aliphatic heterocycles. The summed E-state index contributed by atoms with van der Waals surface area (Å²) in [5.74, 6) is -0.138. The SMILES string of the molecule is COc1ccc(C=c2sc(=C(C#N)C(N)=O)n(C)c2=O)cc1. The number of ether oxygens (including phenoxy) is 1. The average molecular weight is 315 g/mol. The lowest BCUT2D eigenvalue weighted by atomic mass is 10.2. The number of hydrogen-bond acceptors (Lipinski definition) is 5. The molecule has 1 amide bonds. The van der Waals surface area contributed by atoms with Crippen molar-refractivity contribution in [2.24, 2.45) is 12.8 Å². The number of carbonyl (C=O) groups is 1. The molecular formula is C15H13N3O3S. The van der Waals surface area contributed by atoms with E-state index in [0.717, 1.165) is 16.9 Å². The lowest BCUT2D eigenvalue weighted by Gasteiger charge is -1.98. The predicted molar refractivity (Wildman–Crippen MR) is 83.6 cm³/mol. The molecule has 22 heavy (non-hydrogen) atoms. The first-order chi connectivity index (χ1) is 10.5. The largest absolute Gasteiger partial charge is 0.497 e. The summed E-state index contributed by atoms with van der Waals surface area (Å²) in [6.07, 6.45) is 1.69. The highest BCUT2D eigenvalue weighted by atomic mass is 32.1. The van der Waals surface area contributed by atoms with Crippen molar-refractivity contribution in [1.29, 1.82) is 5.26 Å². The molecule has 7 heteroatoms. The molecule has 2 rings (SSSR count). The van der Waals surface area contributed by atoms with Crippen LogP contribution in [0.1, 0.15) is 5.56 Å². The van der Waals surface area contributed by atoms with Crippen molar-refractivity contribution in [3.8, 4) is 11.8 Å². The normalized spacial score (nSPS) is 12.7. The smallest absolute Gasteiger partial charge is 0.268 e. The van der Waals surface area contributed by atoms with Gasteiger partial charge in [-0.15, -0.1) is 11.3 Å². The monoisotopic (exact) mass is 315 g/mol. The number of benzene rings is 1. The van der Waals surface area contributed by atoms with Crippen LogP contribution >= 0.6 is 11.3 Å². The van der Waals surface area contributed by atoms with Gasteiger partial charge in [-0.1, -0.05) is 12.1 Å². The molecular weight excluding hydrogens is 302 g/mol. The Hall–Kier alpha value is -2.85. The van der Waals surface area contributed by atoms with E-state index in [1.54, 1.807) is 43.5 Å². The van der Waals surface area contributed by atoms with Gasteiger partial charge in [0.2, 0.25) is 0 Å². The third-order valence-electron chi connectivity index (χ3n) is 3.01. The highest BCUT2D eigenvalue weighted by Gasteiger charge is 2.10. The Morgan fingerprint density at radius 3 is 2.55 bits per heavy atom. The molecule has 0 aliphatic rings. The minimum absolute atomic E-state index is 0.223. The molecule has 0 fully saturated rings. The first-order valence-corrected chi connectivity index (χ1v) is 7.05. The molecule has 0 atom stereocenters. The highest BCUT2D eigenvalue weighted by Crippen LogP contribution is 2.11. The van der Waals surface area contributed by atoms with E-state index in [-0.39, 0.29) is 15.8 Å². The van der Waals surface area contributed by atoms with Gasteiger partial charge in [0.1, 0.15) is 16.5 Å². The quantitative estimate of drug-likeness (QED) is 0.821. The number of amides is 1. The zero-order valence-corrected chi connectivity index (χ0v) is 12.8. The molecule has 2 aromatic rings. The van der Waals surface area contributed by atoms with Crippen LogP contribution in [0.3, 0.4) is 0 Å². The Kier molecular flexibility index (Phi) is 4.44. The lowest BCUT2D eigenvalue weighted by Crippen LogP contribution is -2.31. The van der Waals surface area contributed by atoms with E-state index < -0.39 is 5.91 Å². The summed E-state index contributed by atoms with van der Waals surface area (Å²) in [7, 11) is 3.07. The van der Waals surface area contributed by atoms with E-state index in [1.807, 2.05) is 0 Å². The number of nitrogens with two attached hydrogens (primary N) is 1. The second-order valence-corrected chi connectivity index (χ2v) is 5.43. The molecule has 0 aliphatic carbocycles. The summed E-state index contributed by atoms with van der Waals surface area (Å²) in [4.78, 5) is 23.5. The van der Waals surface area contributed by atoms with Gasteiger partial charge in [-0.25, -0.2) is 0 Å². The minimum Gasteiger partial charge on any atom is -0.497 e. The van der Waals surface area contributed by atoms with Crippen molar-refractivity contribution in [2.75, 3.05) is 7.11 Å². The third-order valence-corrected chi connectivity index (χ3v) is 4.20. The van der Waals surface area contributed by atoms with Crippen molar-refractivity contribution < 1.29 is 9.53 Å². The Morgan fingerprint density at radius 1 is 1.41 bits per heavy atom. The van der Waals surface area contributed by atoms with E-state index in [9.17, 15) is 9.59 Å². The van der Waals surface area contributed by atoms with Gasteiger partial charge in [-0.05, 0) is 23.8 Å². The van der Waals surface area contributed by atoms with Crippen molar-refractivity contribution in [2.45, 2.75) is 0 Å². The highest BCUT2D eigenvalue weighted by molar-refractivity contribution is 7.07. The van der Waals surface area contributed by atoms with E-state index in [2.05, 4.69) is 0 Å². The standard InChI is InChI=1S/C15H13N3O3S/c1-18-14(20)12(22-15(18)11(8-16)13(17)19)7-9-3-5-10(21-2)6-4-9/h3-7H,1-2H3,(H2,17,19). The maximum absolute atomic E-state index is 12.2. The van der Waals surface area contributed by atoms with Gasteiger partial charge in [0.25, 0.3) is 11.5 Å². The van der Waals surface area contributed by atoms with Crippen molar-refractivity contribution in [1.82, 2.24) is 4.57 Å². The maximum atomic E-state index is 12.2. The van der Waals surface area contributed by atoms with Gasteiger partial charge in [0.15, 0.2) is 5.57 Å². The number of methoxy groups -OCH3 is 1. The van der Waals surface area contributed by atoms with Crippen molar-refractivity contribution in [3.05, 3.63) is 49.4 Å². The second-order valence-electron chi connectivity index (χ2n) is 4.40. The first-order valence-electron chi connectivity index (χ1n) is 6.23. The molecule has 1 aromatic heterocycles. The van der Waals surface area contributed by atoms with Crippen LogP contribution in [0.5, 0.6) is 5.75 Å². The van der Waals surface area contributed by atoms with Gasteiger partial charge in [-0.3, -0.25) is 9.59 Å². The topological polar surface area (TPSA) is 98.1 Å². The van der Waals surface area contributed by atoms with E-state index in [0.29, 0.717) is 10.3 Å². The van der Waals surface area contributed by atoms with Crippen LogP contribution in [-0.4, -0.2) is 17.6 Å². The lowest BCUT2D eigenvalue weighted by molar-refractivity contribution is -0.112. The van der Waals surface area contributed by atoms with E-state index in [1.165, 1.54) is 11.6 Å². The second kappa shape index (κ2) is 6.28. The molecule has 0 unspecified atom stereocenters. The van der Waals surface area contributed by atoms with Crippen LogP contribution in [0.15, 0.2) is 29.1 Å². The number of rotatable bonds is 3. The van der Waals surface area contributed by atoms with Crippen LogP contribution in [-0.2, 0) is 11.8 Å². The number of hydrogen-bond donors (Lipinski definition) is 1. The number of thiazole rings is 1. The summed E-state index contributed by atoms with van der Waals surface area (Å²) < 4.78 is 6.99. The summed E-state index contributed by atoms with van der Waals surface area (Å²) >= 11 is 1.06. The predicted octanol–water partition coefficient (Wildman–Crippen LogP) is -0.556. The maximum Gasteiger partial charge on any atom is 0.268 e. The number of nitrogens with zero attached hydrogens (tertiary/aromatic N) is 2. The molecule has 0 saturated heterocycles. The fourth-order valence-corrected chi connectivity index (χ4v) is 2.94. The zero-order chi connectivity index (χ0) is 16.3. The van der Waals surface area contributed by atoms with Crippen molar-refractivity contribution in [3.63, 3.8) is 0 Å². The Balaban J connectivity index is 2.68. The molecule has 0 bridgehead atoms. The number of carbonyl (C=O) groups excluding carboxylic acids is 1. The summed E-state index contributed by atoms with van der Waals surface area (Å²) in [6.45, 7) is 0. The fraction of sp³-hybridized carbons (Fsp3) is 0.133. The van der Waals surface area contributed by atoms with Crippen LogP contribution in [0.2, 0.25) is 0 Å². The summed E-state index contributed by atoms with van der Waals surface area (Å²) in [5, 5.41) is 9.00. The Morgan fingerprint density at radius 2 is 2.05 bits per heavy atom. The van der Waals surface area contributed by atoms with Crippen LogP contribution in [0.4, 0.5) is 0 Å². The van der Waals surface area contributed by atoms with Gasteiger partial charge < -0.3 is 15.0 Å². The van der Waals surface area contributed by atoms with Crippen LogP contribution in [0, 0.1) is 11.3 Å². The molecule has 0 radical (unpaired) electrons. The fourth-order valence-electron chi connectivity index (χ4n) is 1.84. The summed E-state index contributed by atoms with van der Waals surface area (Å²) in [6, 6.07) is 8.91. The number of aromatic nitrogens is 1. The molecule has 0 spiro atoms. The van der Waals surface area contributed by atoms with Gasteiger partial charge in [-0.2, -0.15) is 5.26 Å². The van der Waals surface area contributed by atoms with Crippen molar-refractivity contribution >= 4 is 28.9 Å². The molecule has 6 nitrogen and oxygen atoms in total. The number of nitriles is 1. The van der Waals surface area contributed by atoms with Crippen LogP contribution in [0.25, 0.3) is 11.6 Å². The molecule has 0 saturated carbocycles. The minimum atomic E-state index is -0.852. The summed E-state index contributed by atoms with van der Waals surface area (Å²) in [5.41, 5.74) is 5.46. The Labute approximate surface area is 130 Å². The van der Waals surface area contributed by atoms with Gasteiger partial charge in [0, 0.05) is 7.05 Å². The third kappa shape index (κ3) is 2.92. The average Bonchev–Trinajstić information content (AvgIpc) is 2.77. The van der Waals surface area contributed by atoms with Crippen LogP contribution < -0.4 is 25.2 Å². The van der Waals surface area contributed by atoms with E-state index >= 15 is 0 Å². The molecule has 1 aromatic carbocycles. The molecule has 112 valence electrons. The molecule has 1 heterocycles. The van der Waals surface area contributed by atoms with Gasteiger partial charge >= 0.3 is 0 Å². The zero-order valence-electron chi connectivity index (χ0n) is 12.0. The molecule has 2 N–H and O–H groups in total. The first kappa shape index (κ1) is 15.5. The van der Waals surface area contributed by atoms with Gasteiger partial charge in [0.05, 0.1) is 11.6 Å². The Bertz CT molecular complexity index is 930. The number of primary amides is 1. The van der Waals surface area contributed by atoms with E-state index in [4.69, 9.17) is 15.7 Å².